The van der Waals surface area contributed by atoms with Crippen molar-refractivity contribution in [1.82, 2.24) is 4.31 Å². The Balaban J connectivity index is 2.64. The van der Waals surface area contributed by atoms with Crippen molar-refractivity contribution in [3.05, 3.63) is 29.8 Å². The Morgan fingerprint density at radius 1 is 1.24 bits per heavy atom. The number of aryl methyl sites for hydroxylation is 1. The summed E-state index contributed by atoms with van der Waals surface area (Å²) in [6, 6.07) is 4.96. The number of hydrogen-bond acceptors (Lipinski definition) is 4. The molecule has 9 heteroatoms. The van der Waals surface area contributed by atoms with E-state index in [1.807, 2.05) is 0 Å². The van der Waals surface area contributed by atoms with Crippen LogP contribution in [0.3, 0.4) is 0 Å². The maximum Gasteiger partial charge on any atom is 0.266 e. The van der Waals surface area contributed by atoms with Crippen molar-refractivity contribution in [3.63, 3.8) is 0 Å². The Morgan fingerprint density at radius 3 is 2.24 bits per heavy atom. The Morgan fingerprint density at radius 2 is 1.79 bits per heavy atom. The van der Waals surface area contributed by atoms with Gasteiger partial charge in [-0.15, -0.1) is 0 Å². The molecule has 0 radical (unpaired) electrons. The molecule has 1 aromatic rings. The summed E-state index contributed by atoms with van der Waals surface area (Å²) in [5.74, 6) is -1.05. The number of halogens is 2. The fraction of sp³-hybridized carbons (Fsp3) is 0.600. The Bertz CT molecular complexity index is 881. The van der Waals surface area contributed by atoms with E-state index in [0.717, 1.165) is 5.56 Å². The molecule has 1 saturated heterocycles. The molecule has 162 valence electrons. The van der Waals surface area contributed by atoms with Crippen LogP contribution >= 0.6 is 0 Å². The summed E-state index contributed by atoms with van der Waals surface area (Å²) in [5, 5.41) is 0. The highest BCUT2D eigenvalue weighted by atomic mass is 32.2. The van der Waals surface area contributed by atoms with Crippen LogP contribution in [0.5, 0.6) is 0 Å². The number of alkyl halides is 2. The molecule has 0 bridgehead atoms. The first-order valence-corrected chi connectivity index (χ1v) is 14.7. The summed E-state index contributed by atoms with van der Waals surface area (Å²) in [4.78, 5) is 24.2. The second-order valence-electron chi connectivity index (χ2n) is 8.78. The van der Waals surface area contributed by atoms with Crippen LogP contribution in [0.4, 0.5) is 8.78 Å². The second-order valence-corrected chi connectivity index (χ2v) is 15.7. The van der Waals surface area contributed by atoms with Gasteiger partial charge in [-0.05, 0) is 38.3 Å². The highest BCUT2D eigenvalue weighted by molar-refractivity contribution is 7.89. The summed E-state index contributed by atoms with van der Waals surface area (Å²) in [5.41, 5.74) is -4.55. The fourth-order valence-electron chi connectivity index (χ4n) is 4.06. The summed E-state index contributed by atoms with van der Waals surface area (Å²) in [7, 11) is -7.49. The van der Waals surface area contributed by atoms with Gasteiger partial charge in [0, 0.05) is 12.5 Å². The molecule has 2 atom stereocenters. The monoisotopic (exact) mass is 445 g/mol. The number of carbonyl (C=O) groups excluding carboxylic acids is 2. The SMILES string of the molecule is CCC1(C(F)(F)[Si](C)(C)C)C[C@H](CCC=O)N(S(=O)(=O)c2ccc(C)cc2)C1=O. The van der Waals surface area contributed by atoms with Crippen LogP contribution in [-0.4, -0.2) is 44.6 Å². The van der Waals surface area contributed by atoms with E-state index in [-0.39, 0.29) is 30.6 Å². The van der Waals surface area contributed by atoms with Crippen molar-refractivity contribution in [3.8, 4) is 0 Å². The molecule has 0 aliphatic carbocycles. The van der Waals surface area contributed by atoms with Crippen molar-refractivity contribution in [2.24, 2.45) is 5.41 Å². The molecule has 1 aliphatic heterocycles. The normalized spacial score (nSPS) is 23.5. The molecule has 1 aromatic carbocycles. The standard InChI is InChI=1S/C20H29F2NO4SSi/c1-6-19(20(21,22)29(3,4)5)14-16(8-7-13-24)23(18(19)25)28(26,27)17-11-9-15(2)10-12-17/h9-13,16H,6-8,14H2,1-5H3/t16-,19?/m0/s1. The van der Waals surface area contributed by atoms with Crippen molar-refractivity contribution >= 4 is 30.3 Å². The largest absolute Gasteiger partial charge is 0.303 e. The third kappa shape index (κ3) is 3.79. The van der Waals surface area contributed by atoms with E-state index in [9.17, 15) is 18.0 Å². The van der Waals surface area contributed by atoms with Crippen LogP contribution in [0.15, 0.2) is 29.2 Å². The molecule has 1 unspecified atom stereocenters. The molecule has 2 rings (SSSR count). The minimum Gasteiger partial charge on any atom is -0.303 e. The zero-order chi connectivity index (χ0) is 22.3. The predicted molar refractivity (Wildman–Crippen MR) is 110 cm³/mol. The van der Waals surface area contributed by atoms with Gasteiger partial charge in [-0.2, -0.15) is 0 Å². The summed E-state index contributed by atoms with van der Waals surface area (Å²) >= 11 is 0. The molecule has 5 nitrogen and oxygen atoms in total. The van der Waals surface area contributed by atoms with Crippen LogP contribution in [0.1, 0.15) is 38.2 Å². The average Bonchev–Trinajstić information content (AvgIpc) is 2.93. The van der Waals surface area contributed by atoms with Crippen molar-refractivity contribution in [2.45, 2.75) is 75.7 Å². The third-order valence-corrected chi connectivity index (χ3v) is 10.1. The van der Waals surface area contributed by atoms with Gasteiger partial charge in [0.2, 0.25) is 11.5 Å². The second kappa shape index (κ2) is 7.90. The molecule has 1 fully saturated rings. The fourth-order valence-corrected chi connectivity index (χ4v) is 7.55. The first-order valence-electron chi connectivity index (χ1n) is 9.73. The molecule has 0 N–H and O–H groups in total. The van der Waals surface area contributed by atoms with Crippen LogP contribution in [0.2, 0.25) is 19.6 Å². The van der Waals surface area contributed by atoms with Crippen LogP contribution in [0.25, 0.3) is 0 Å². The lowest BCUT2D eigenvalue weighted by atomic mass is 9.81. The highest BCUT2D eigenvalue weighted by Gasteiger charge is 2.70. The lowest BCUT2D eigenvalue weighted by Crippen LogP contribution is -2.60. The van der Waals surface area contributed by atoms with Gasteiger partial charge in [0.15, 0.2) is 0 Å². The molecule has 1 heterocycles. The highest BCUT2D eigenvalue weighted by Crippen LogP contribution is 2.55. The van der Waals surface area contributed by atoms with E-state index < -0.39 is 41.0 Å². The Kier molecular flexibility index (Phi) is 6.45. The van der Waals surface area contributed by atoms with E-state index in [2.05, 4.69) is 0 Å². The first-order chi connectivity index (χ1) is 13.3. The van der Waals surface area contributed by atoms with Crippen molar-refractivity contribution < 1.29 is 26.8 Å². The van der Waals surface area contributed by atoms with Gasteiger partial charge in [0.1, 0.15) is 19.8 Å². The number of nitrogens with zero attached hydrogens (tertiary/aromatic N) is 1. The van der Waals surface area contributed by atoms with Crippen molar-refractivity contribution in [1.29, 1.82) is 0 Å². The molecule has 0 saturated carbocycles. The zero-order valence-corrected chi connectivity index (χ0v) is 19.4. The number of sulfonamides is 1. The summed E-state index contributed by atoms with van der Waals surface area (Å²) in [6.07, 6.45) is 0.197. The number of benzene rings is 1. The van der Waals surface area contributed by atoms with E-state index in [4.69, 9.17) is 0 Å². The maximum atomic E-state index is 15.6. The summed E-state index contributed by atoms with van der Waals surface area (Å²) in [6.45, 7) is 7.74. The number of aldehydes is 1. The lowest BCUT2D eigenvalue weighted by molar-refractivity contribution is -0.146. The van der Waals surface area contributed by atoms with Crippen LogP contribution in [0, 0.1) is 12.3 Å². The minimum absolute atomic E-state index is 0.00379. The number of hydrogen-bond donors (Lipinski definition) is 0. The lowest BCUT2D eigenvalue weighted by Gasteiger charge is -2.41. The zero-order valence-electron chi connectivity index (χ0n) is 17.5. The van der Waals surface area contributed by atoms with Gasteiger partial charge in [-0.3, -0.25) is 4.79 Å². The van der Waals surface area contributed by atoms with Gasteiger partial charge < -0.3 is 4.79 Å². The maximum absolute atomic E-state index is 15.6. The predicted octanol–water partition coefficient (Wildman–Crippen LogP) is 4.17. The molecular formula is C20H29F2NO4SSi. The van der Waals surface area contributed by atoms with E-state index >= 15 is 8.78 Å². The molecule has 1 amide bonds. The molecular weight excluding hydrogens is 416 g/mol. The Labute approximate surface area is 172 Å². The van der Waals surface area contributed by atoms with E-state index in [1.54, 1.807) is 19.1 Å². The van der Waals surface area contributed by atoms with E-state index in [1.165, 1.54) is 38.7 Å². The van der Waals surface area contributed by atoms with Gasteiger partial charge >= 0.3 is 0 Å². The molecule has 29 heavy (non-hydrogen) atoms. The first kappa shape index (κ1) is 23.7. The molecule has 0 spiro atoms. The number of rotatable bonds is 8. The van der Waals surface area contributed by atoms with Crippen LogP contribution < -0.4 is 0 Å². The number of amides is 1. The molecule has 0 aromatic heterocycles. The minimum atomic E-state index is -4.32. The van der Waals surface area contributed by atoms with Crippen LogP contribution in [-0.2, 0) is 19.6 Å². The summed E-state index contributed by atoms with van der Waals surface area (Å²) < 4.78 is 58.4. The van der Waals surface area contributed by atoms with Gasteiger partial charge in [-0.1, -0.05) is 44.3 Å². The van der Waals surface area contributed by atoms with Gasteiger partial charge in [-0.25, -0.2) is 21.5 Å². The molecule has 1 aliphatic rings. The van der Waals surface area contributed by atoms with Gasteiger partial charge in [0.05, 0.1) is 4.90 Å². The Hall–Kier alpha value is -1.61. The number of carbonyl (C=O) groups is 2. The third-order valence-electron chi connectivity index (χ3n) is 5.87. The van der Waals surface area contributed by atoms with E-state index in [0.29, 0.717) is 10.6 Å². The quantitative estimate of drug-likeness (QED) is 0.445. The van der Waals surface area contributed by atoms with Crippen molar-refractivity contribution in [2.75, 3.05) is 0 Å². The van der Waals surface area contributed by atoms with Gasteiger partial charge in [0.25, 0.3) is 10.0 Å². The smallest absolute Gasteiger partial charge is 0.266 e. The topological polar surface area (TPSA) is 71.5 Å². The average molecular weight is 446 g/mol.